The van der Waals surface area contributed by atoms with Crippen molar-refractivity contribution < 1.29 is 19.4 Å². The van der Waals surface area contributed by atoms with E-state index in [0.29, 0.717) is 18.8 Å². The van der Waals surface area contributed by atoms with Crippen LogP contribution in [0.25, 0.3) is 0 Å². The van der Waals surface area contributed by atoms with Crippen molar-refractivity contribution in [2.75, 3.05) is 25.5 Å². The number of hydrogen-bond donors (Lipinski definition) is 2. The summed E-state index contributed by atoms with van der Waals surface area (Å²) in [6, 6.07) is 4.05. The molecule has 0 aliphatic heterocycles. The number of urea groups is 1. The van der Waals surface area contributed by atoms with Gasteiger partial charge in [0.2, 0.25) is 0 Å². The number of benzene rings is 1. The van der Waals surface area contributed by atoms with Gasteiger partial charge < -0.3 is 20.1 Å². The minimum atomic E-state index is -1.11. The lowest BCUT2D eigenvalue weighted by molar-refractivity contribution is 0.0698. The minimum Gasteiger partial charge on any atom is -0.497 e. The summed E-state index contributed by atoms with van der Waals surface area (Å²) in [5.41, 5.74) is 0.219. The molecule has 0 heterocycles. The van der Waals surface area contributed by atoms with Crippen LogP contribution < -0.4 is 10.1 Å². The van der Waals surface area contributed by atoms with Crippen LogP contribution in [-0.2, 0) is 0 Å². The molecule has 114 valence electrons. The number of nitrogens with zero attached hydrogens (tertiary/aromatic N) is 1. The molecule has 2 amide bonds. The van der Waals surface area contributed by atoms with Crippen molar-refractivity contribution in [2.24, 2.45) is 0 Å². The molecule has 0 saturated carbocycles. The number of hydrogen-bond acceptors (Lipinski definition) is 3. The van der Waals surface area contributed by atoms with E-state index in [2.05, 4.69) is 11.9 Å². The van der Waals surface area contributed by atoms with E-state index in [-0.39, 0.29) is 17.3 Å². The molecule has 0 atom stereocenters. The van der Waals surface area contributed by atoms with Gasteiger partial charge in [0.25, 0.3) is 0 Å². The Bertz CT molecular complexity index is 528. The van der Waals surface area contributed by atoms with Gasteiger partial charge in [-0.25, -0.2) is 9.59 Å². The van der Waals surface area contributed by atoms with E-state index in [9.17, 15) is 9.59 Å². The second-order valence-corrected chi connectivity index (χ2v) is 4.38. The average Bonchev–Trinajstić information content (AvgIpc) is 2.46. The van der Waals surface area contributed by atoms with Crippen molar-refractivity contribution in [3.05, 3.63) is 36.4 Å². The van der Waals surface area contributed by atoms with Gasteiger partial charge in [0, 0.05) is 19.2 Å². The summed E-state index contributed by atoms with van der Waals surface area (Å²) in [5.74, 6) is -0.639. The number of carbonyl (C=O) groups is 2. The van der Waals surface area contributed by atoms with Crippen LogP contribution in [0.1, 0.15) is 23.7 Å². The second-order valence-electron chi connectivity index (χ2n) is 4.38. The third-order valence-corrected chi connectivity index (χ3v) is 2.83. The van der Waals surface area contributed by atoms with E-state index in [1.807, 2.05) is 6.92 Å². The molecule has 1 aromatic carbocycles. The van der Waals surface area contributed by atoms with Gasteiger partial charge in [0.1, 0.15) is 5.75 Å². The first-order valence-corrected chi connectivity index (χ1v) is 6.61. The molecule has 0 bridgehead atoms. The quantitative estimate of drug-likeness (QED) is 0.757. The number of ether oxygens (including phenoxy) is 1. The topological polar surface area (TPSA) is 78.9 Å². The van der Waals surface area contributed by atoms with Crippen LogP contribution in [0, 0.1) is 0 Å². The van der Waals surface area contributed by atoms with Gasteiger partial charge in [0.05, 0.1) is 18.4 Å². The number of nitrogens with one attached hydrogen (secondary N) is 1. The summed E-state index contributed by atoms with van der Waals surface area (Å²) >= 11 is 0. The Morgan fingerprint density at radius 2 is 2.19 bits per heavy atom. The predicted octanol–water partition coefficient (Wildman–Crippen LogP) is 2.82. The Morgan fingerprint density at radius 3 is 2.71 bits per heavy atom. The number of carboxylic acid groups (broad SMARTS) is 1. The molecule has 0 fully saturated rings. The lowest BCUT2D eigenvalue weighted by atomic mass is 10.1. The van der Waals surface area contributed by atoms with Gasteiger partial charge in [-0.2, -0.15) is 0 Å². The Hall–Kier alpha value is -2.50. The van der Waals surface area contributed by atoms with E-state index in [0.717, 1.165) is 6.42 Å². The van der Waals surface area contributed by atoms with Crippen LogP contribution in [0.2, 0.25) is 0 Å². The summed E-state index contributed by atoms with van der Waals surface area (Å²) in [6.07, 6.45) is 2.42. The summed E-state index contributed by atoms with van der Waals surface area (Å²) in [5, 5.41) is 11.8. The molecule has 6 nitrogen and oxygen atoms in total. The third kappa shape index (κ3) is 4.52. The van der Waals surface area contributed by atoms with E-state index < -0.39 is 5.97 Å². The molecule has 0 aromatic heterocycles. The number of carboxylic acids is 1. The number of methoxy groups -OCH3 is 1. The van der Waals surface area contributed by atoms with E-state index in [1.54, 1.807) is 11.0 Å². The maximum absolute atomic E-state index is 12.2. The molecule has 1 aromatic rings. The molecule has 2 N–H and O–H groups in total. The second kappa shape index (κ2) is 7.94. The highest BCUT2D eigenvalue weighted by atomic mass is 16.5. The predicted molar refractivity (Wildman–Crippen MR) is 81.0 cm³/mol. The molecule has 0 aliphatic carbocycles. The molecule has 0 unspecified atom stereocenters. The van der Waals surface area contributed by atoms with Gasteiger partial charge in [-0.15, -0.1) is 6.58 Å². The normalized spacial score (nSPS) is 9.81. The van der Waals surface area contributed by atoms with Crippen molar-refractivity contribution in [1.29, 1.82) is 0 Å². The molecule has 0 radical (unpaired) electrons. The van der Waals surface area contributed by atoms with E-state index in [4.69, 9.17) is 9.84 Å². The zero-order valence-electron chi connectivity index (χ0n) is 12.3. The molecule has 0 aliphatic rings. The standard InChI is InChI=1S/C15H20N2O4/c1-4-8-17(9-5-2)15(20)16-13-10-11(21-3)6-7-12(13)14(18)19/h4,6-7,10H,1,5,8-9H2,2-3H3,(H,16,20)(H,18,19). The lowest BCUT2D eigenvalue weighted by Gasteiger charge is -2.21. The zero-order valence-corrected chi connectivity index (χ0v) is 12.3. The van der Waals surface area contributed by atoms with Crippen molar-refractivity contribution in [3.63, 3.8) is 0 Å². The maximum Gasteiger partial charge on any atom is 0.337 e. The van der Waals surface area contributed by atoms with Crippen LogP contribution in [0.15, 0.2) is 30.9 Å². The summed E-state index contributed by atoms with van der Waals surface area (Å²) in [4.78, 5) is 25.0. The fraction of sp³-hybridized carbons (Fsp3) is 0.333. The van der Waals surface area contributed by atoms with Crippen LogP contribution in [0.4, 0.5) is 10.5 Å². The van der Waals surface area contributed by atoms with Gasteiger partial charge in [-0.1, -0.05) is 13.0 Å². The number of aromatic carboxylic acids is 1. The fourth-order valence-corrected chi connectivity index (χ4v) is 1.84. The van der Waals surface area contributed by atoms with Gasteiger partial charge >= 0.3 is 12.0 Å². The van der Waals surface area contributed by atoms with Gasteiger partial charge in [-0.05, 0) is 18.6 Å². The van der Waals surface area contributed by atoms with Crippen LogP contribution >= 0.6 is 0 Å². The van der Waals surface area contributed by atoms with Crippen molar-refractivity contribution in [2.45, 2.75) is 13.3 Å². The SMILES string of the molecule is C=CCN(CCC)C(=O)Nc1cc(OC)ccc1C(=O)O. The maximum atomic E-state index is 12.2. The van der Waals surface area contributed by atoms with Gasteiger partial charge in [0.15, 0.2) is 0 Å². The molecular weight excluding hydrogens is 272 g/mol. The van der Waals surface area contributed by atoms with E-state index >= 15 is 0 Å². The molecule has 0 spiro atoms. The summed E-state index contributed by atoms with van der Waals surface area (Å²) in [6.45, 7) is 6.52. The fourth-order valence-electron chi connectivity index (χ4n) is 1.84. The summed E-state index contributed by atoms with van der Waals surface area (Å²) in [7, 11) is 1.47. The highest BCUT2D eigenvalue weighted by molar-refractivity contribution is 6.00. The van der Waals surface area contributed by atoms with E-state index in [1.165, 1.54) is 25.3 Å². The zero-order chi connectivity index (χ0) is 15.8. The molecule has 21 heavy (non-hydrogen) atoms. The highest BCUT2D eigenvalue weighted by Crippen LogP contribution is 2.23. The molecular formula is C15H20N2O4. The first kappa shape index (κ1) is 16.6. The van der Waals surface area contributed by atoms with Gasteiger partial charge in [-0.3, -0.25) is 0 Å². The highest BCUT2D eigenvalue weighted by Gasteiger charge is 2.16. The smallest absolute Gasteiger partial charge is 0.337 e. The van der Waals surface area contributed by atoms with Crippen LogP contribution in [0.3, 0.4) is 0 Å². The lowest BCUT2D eigenvalue weighted by Crippen LogP contribution is -2.36. The average molecular weight is 292 g/mol. The largest absolute Gasteiger partial charge is 0.497 e. The molecule has 6 heteroatoms. The van der Waals surface area contributed by atoms with Crippen molar-refractivity contribution in [3.8, 4) is 5.75 Å². The number of anilines is 1. The van der Waals surface area contributed by atoms with Crippen LogP contribution in [-0.4, -0.2) is 42.2 Å². The monoisotopic (exact) mass is 292 g/mol. The number of carbonyl (C=O) groups excluding carboxylic acids is 1. The Labute approximate surface area is 124 Å². The minimum absolute atomic E-state index is 0.0131. The summed E-state index contributed by atoms with van der Waals surface area (Å²) < 4.78 is 5.05. The Balaban J connectivity index is 3.00. The first-order chi connectivity index (χ1) is 10.0. The third-order valence-electron chi connectivity index (χ3n) is 2.83. The first-order valence-electron chi connectivity index (χ1n) is 6.61. The van der Waals surface area contributed by atoms with Crippen molar-refractivity contribution >= 4 is 17.7 Å². The number of amides is 2. The Kier molecular flexibility index (Phi) is 6.26. The number of rotatable bonds is 7. The molecule has 0 saturated heterocycles. The molecule has 1 rings (SSSR count). The Morgan fingerprint density at radius 1 is 1.48 bits per heavy atom. The van der Waals surface area contributed by atoms with Crippen molar-refractivity contribution in [1.82, 2.24) is 4.90 Å². The van der Waals surface area contributed by atoms with Crippen LogP contribution in [0.5, 0.6) is 5.75 Å².